The summed E-state index contributed by atoms with van der Waals surface area (Å²) in [5, 5.41) is 3.66. The molecule has 0 aromatic carbocycles. The van der Waals surface area contributed by atoms with Crippen LogP contribution in [0.5, 0.6) is 0 Å². The summed E-state index contributed by atoms with van der Waals surface area (Å²) in [6.07, 6.45) is 13.7. The lowest BCUT2D eigenvalue weighted by atomic mass is 9.86. The van der Waals surface area contributed by atoms with Crippen LogP contribution in [0.1, 0.15) is 70.6 Å². The Kier molecular flexibility index (Phi) is 6.36. The Morgan fingerprint density at radius 2 is 1.67 bits per heavy atom. The van der Waals surface area contributed by atoms with E-state index in [4.69, 9.17) is 0 Å². The molecule has 21 heavy (non-hydrogen) atoms. The Labute approximate surface area is 135 Å². The maximum absolute atomic E-state index is 12.4. The number of nitrogens with one attached hydrogen (secondary N) is 1. The maximum atomic E-state index is 12.4. The van der Waals surface area contributed by atoms with Crippen molar-refractivity contribution >= 4 is 18.3 Å². The molecule has 0 radical (unpaired) electrons. The highest BCUT2D eigenvalue weighted by Crippen LogP contribution is 2.31. The highest BCUT2D eigenvalue weighted by Gasteiger charge is 2.36. The highest BCUT2D eigenvalue weighted by molar-refractivity contribution is 5.85. The molecule has 1 amide bonds. The molecule has 2 unspecified atom stereocenters. The monoisotopic (exact) mass is 314 g/mol. The van der Waals surface area contributed by atoms with Gasteiger partial charge in [0.25, 0.3) is 0 Å². The summed E-state index contributed by atoms with van der Waals surface area (Å²) in [7, 11) is 2.04. The Morgan fingerprint density at radius 1 is 1.05 bits per heavy atom. The minimum absolute atomic E-state index is 0. The van der Waals surface area contributed by atoms with Crippen molar-refractivity contribution in [1.29, 1.82) is 0 Å². The van der Waals surface area contributed by atoms with Gasteiger partial charge < -0.3 is 10.2 Å². The number of hydrogen-bond acceptors (Lipinski definition) is 2. The SMILES string of the molecule is CN(C(=O)CCC1CCCCC1)C1CC2CCC(C1)N2.Cl. The smallest absolute Gasteiger partial charge is 0.222 e. The van der Waals surface area contributed by atoms with Crippen LogP contribution in [0.15, 0.2) is 0 Å². The summed E-state index contributed by atoms with van der Waals surface area (Å²) in [4.78, 5) is 14.5. The zero-order chi connectivity index (χ0) is 13.9. The number of piperidine rings is 1. The van der Waals surface area contributed by atoms with E-state index in [-0.39, 0.29) is 12.4 Å². The van der Waals surface area contributed by atoms with Crippen molar-refractivity contribution in [2.24, 2.45) is 5.92 Å². The van der Waals surface area contributed by atoms with E-state index in [1.54, 1.807) is 0 Å². The molecule has 2 heterocycles. The van der Waals surface area contributed by atoms with Gasteiger partial charge in [0.1, 0.15) is 0 Å². The number of nitrogens with zero attached hydrogens (tertiary/aromatic N) is 1. The Bertz CT molecular complexity index is 332. The summed E-state index contributed by atoms with van der Waals surface area (Å²) in [6.45, 7) is 0. The van der Waals surface area contributed by atoms with Crippen LogP contribution in [-0.2, 0) is 4.79 Å². The zero-order valence-corrected chi connectivity index (χ0v) is 14.2. The van der Waals surface area contributed by atoms with Gasteiger partial charge in [-0.3, -0.25) is 4.79 Å². The molecule has 2 saturated heterocycles. The van der Waals surface area contributed by atoms with Gasteiger partial charge in [0, 0.05) is 31.6 Å². The van der Waals surface area contributed by atoms with Crippen LogP contribution in [0.2, 0.25) is 0 Å². The van der Waals surface area contributed by atoms with Gasteiger partial charge in [-0.05, 0) is 38.0 Å². The topological polar surface area (TPSA) is 32.3 Å². The van der Waals surface area contributed by atoms with Gasteiger partial charge >= 0.3 is 0 Å². The lowest BCUT2D eigenvalue weighted by Gasteiger charge is -2.36. The van der Waals surface area contributed by atoms with E-state index >= 15 is 0 Å². The van der Waals surface area contributed by atoms with Crippen LogP contribution in [0.4, 0.5) is 0 Å². The molecule has 1 N–H and O–H groups in total. The van der Waals surface area contributed by atoms with Crippen molar-refractivity contribution in [2.45, 2.75) is 88.8 Å². The minimum atomic E-state index is 0. The first-order chi connectivity index (χ1) is 9.72. The Morgan fingerprint density at radius 3 is 2.29 bits per heavy atom. The number of rotatable bonds is 4. The van der Waals surface area contributed by atoms with Crippen molar-refractivity contribution in [3.8, 4) is 0 Å². The Hall–Kier alpha value is -0.280. The number of carbonyl (C=O) groups is 1. The normalized spacial score (nSPS) is 32.5. The fourth-order valence-corrected chi connectivity index (χ4v) is 4.53. The lowest BCUT2D eigenvalue weighted by Crippen LogP contribution is -2.48. The van der Waals surface area contributed by atoms with Crippen molar-refractivity contribution in [2.75, 3.05) is 7.05 Å². The molecule has 3 rings (SSSR count). The van der Waals surface area contributed by atoms with Crippen molar-refractivity contribution < 1.29 is 4.79 Å². The molecule has 2 aliphatic heterocycles. The largest absolute Gasteiger partial charge is 0.343 e. The summed E-state index contributed by atoms with van der Waals surface area (Å²) < 4.78 is 0. The second kappa shape index (κ2) is 7.82. The van der Waals surface area contributed by atoms with Gasteiger partial charge in [0.15, 0.2) is 0 Å². The standard InChI is InChI=1S/C17H30N2O.ClH/c1-19(16-11-14-8-9-15(12-16)18-14)17(20)10-7-13-5-3-2-4-6-13;/h13-16,18H,2-12H2,1H3;1H. The molecule has 3 fully saturated rings. The Balaban J connectivity index is 0.00000161. The molecular weight excluding hydrogens is 284 g/mol. The molecule has 3 nitrogen and oxygen atoms in total. The van der Waals surface area contributed by atoms with Gasteiger partial charge in [0.2, 0.25) is 5.91 Å². The van der Waals surface area contributed by atoms with Crippen molar-refractivity contribution in [3.05, 3.63) is 0 Å². The molecule has 1 aliphatic carbocycles. The molecule has 4 heteroatoms. The van der Waals surface area contributed by atoms with Crippen LogP contribution in [-0.4, -0.2) is 36.0 Å². The minimum Gasteiger partial charge on any atom is -0.343 e. The van der Waals surface area contributed by atoms with E-state index in [0.717, 1.165) is 18.8 Å². The van der Waals surface area contributed by atoms with E-state index < -0.39 is 0 Å². The molecule has 2 atom stereocenters. The fourth-order valence-electron chi connectivity index (χ4n) is 4.53. The summed E-state index contributed by atoms with van der Waals surface area (Å²) in [6, 6.07) is 1.84. The highest BCUT2D eigenvalue weighted by atomic mass is 35.5. The average molecular weight is 315 g/mol. The number of halogens is 1. The van der Waals surface area contributed by atoms with Crippen LogP contribution >= 0.6 is 12.4 Å². The van der Waals surface area contributed by atoms with Gasteiger partial charge in [-0.2, -0.15) is 0 Å². The van der Waals surface area contributed by atoms with Gasteiger partial charge in [-0.15, -0.1) is 12.4 Å². The first-order valence-corrected chi connectivity index (χ1v) is 8.74. The first-order valence-electron chi connectivity index (χ1n) is 8.74. The van der Waals surface area contributed by atoms with Crippen LogP contribution in [0.25, 0.3) is 0 Å². The molecule has 2 bridgehead atoms. The quantitative estimate of drug-likeness (QED) is 0.861. The van der Waals surface area contributed by atoms with E-state index in [0.29, 0.717) is 24.0 Å². The number of carbonyl (C=O) groups excluding carboxylic acids is 1. The summed E-state index contributed by atoms with van der Waals surface area (Å²) in [5.74, 6) is 1.21. The van der Waals surface area contributed by atoms with Crippen molar-refractivity contribution in [3.63, 3.8) is 0 Å². The second-order valence-electron chi connectivity index (χ2n) is 7.31. The van der Waals surface area contributed by atoms with E-state index in [9.17, 15) is 4.79 Å². The fraction of sp³-hybridized carbons (Fsp3) is 0.941. The van der Waals surface area contributed by atoms with Crippen molar-refractivity contribution in [1.82, 2.24) is 10.2 Å². The number of amides is 1. The summed E-state index contributed by atoms with van der Waals surface area (Å²) in [5.41, 5.74) is 0. The van der Waals surface area contributed by atoms with Gasteiger partial charge in [-0.25, -0.2) is 0 Å². The van der Waals surface area contributed by atoms with Crippen LogP contribution in [0, 0.1) is 5.92 Å². The molecular formula is C17H31ClN2O. The molecule has 0 aromatic rings. The number of fused-ring (bicyclic) bond motifs is 2. The van der Waals surface area contributed by atoms with E-state index in [1.807, 2.05) is 7.05 Å². The summed E-state index contributed by atoms with van der Waals surface area (Å²) >= 11 is 0. The first kappa shape index (κ1) is 17.1. The molecule has 122 valence electrons. The third-order valence-electron chi connectivity index (χ3n) is 5.88. The zero-order valence-electron chi connectivity index (χ0n) is 13.4. The molecule has 3 aliphatic rings. The maximum Gasteiger partial charge on any atom is 0.222 e. The predicted octanol–water partition coefficient (Wildman–Crippen LogP) is 3.51. The molecule has 0 aromatic heterocycles. The number of hydrogen-bond donors (Lipinski definition) is 1. The average Bonchev–Trinajstić information content (AvgIpc) is 2.83. The van der Waals surface area contributed by atoms with Gasteiger partial charge in [0.05, 0.1) is 0 Å². The lowest BCUT2D eigenvalue weighted by molar-refractivity contribution is -0.133. The second-order valence-corrected chi connectivity index (χ2v) is 7.31. The van der Waals surface area contributed by atoms with E-state index in [1.165, 1.54) is 57.8 Å². The van der Waals surface area contributed by atoms with Gasteiger partial charge in [-0.1, -0.05) is 32.1 Å². The third kappa shape index (κ3) is 4.35. The molecule has 1 saturated carbocycles. The third-order valence-corrected chi connectivity index (χ3v) is 5.88. The van der Waals surface area contributed by atoms with Crippen LogP contribution in [0.3, 0.4) is 0 Å². The van der Waals surface area contributed by atoms with E-state index in [2.05, 4.69) is 10.2 Å². The van der Waals surface area contributed by atoms with Crippen LogP contribution < -0.4 is 5.32 Å². The molecule has 0 spiro atoms. The predicted molar refractivity (Wildman–Crippen MR) is 88.8 cm³/mol.